The van der Waals surface area contributed by atoms with E-state index in [1.165, 1.54) is 6.08 Å². The van der Waals surface area contributed by atoms with Crippen molar-refractivity contribution in [2.24, 2.45) is 5.73 Å². The van der Waals surface area contributed by atoms with Gasteiger partial charge in [-0.15, -0.1) is 6.58 Å². The van der Waals surface area contributed by atoms with Gasteiger partial charge in [-0.25, -0.2) is 0 Å². The third-order valence-electron chi connectivity index (χ3n) is 0.840. The van der Waals surface area contributed by atoms with Crippen LogP contribution in [0.4, 0.5) is 0 Å². The Balaban J connectivity index is 3.88. The van der Waals surface area contributed by atoms with Crippen LogP contribution < -0.4 is 5.73 Å². The first kappa shape index (κ1) is 8.85. The molecule has 54 valence electrons. The third kappa shape index (κ3) is 3.43. The molecule has 4 N–H and O–H groups in total. The predicted molar refractivity (Wildman–Crippen MR) is 34.8 cm³/mol. The molecule has 0 aromatic rings. The average molecular weight is 151 g/mol. The van der Waals surface area contributed by atoms with Gasteiger partial charge in [-0.1, -0.05) is 6.08 Å². The normalized spacial score (nSPS) is 15.0. The van der Waals surface area contributed by atoms with E-state index in [0.717, 1.165) is 0 Å². The molecule has 0 bridgehead atoms. The quantitative estimate of drug-likeness (QED) is 0.392. The fourth-order valence-corrected chi connectivity index (χ4v) is 0.732. The fraction of sp³-hybridized carbons (Fsp3) is 0.500. The molecule has 0 aromatic heterocycles. The summed E-state index contributed by atoms with van der Waals surface area (Å²) < 4.78 is 10.2. The first-order chi connectivity index (χ1) is 3.98. The van der Waals surface area contributed by atoms with E-state index in [-0.39, 0.29) is 6.42 Å². The molecule has 0 aromatic carbocycles. The minimum Gasteiger partial charge on any atom is -0.323 e. The summed E-state index contributed by atoms with van der Waals surface area (Å²) in [6.07, 6.45) is 1.52. The minimum atomic E-state index is -4.07. The van der Waals surface area contributed by atoms with E-state index in [1.54, 1.807) is 0 Å². The zero-order valence-electron chi connectivity index (χ0n) is 4.90. The van der Waals surface area contributed by atoms with E-state index < -0.39 is 13.4 Å². The van der Waals surface area contributed by atoms with Crippen molar-refractivity contribution in [2.75, 3.05) is 0 Å². The lowest BCUT2D eigenvalue weighted by Crippen LogP contribution is -2.18. The fourth-order valence-electron chi connectivity index (χ4n) is 0.308. The third-order valence-corrected chi connectivity index (χ3v) is 1.92. The van der Waals surface area contributed by atoms with E-state index in [9.17, 15) is 4.57 Å². The highest BCUT2D eigenvalue weighted by molar-refractivity contribution is 7.52. The number of rotatable bonds is 3. The second-order valence-electron chi connectivity index (χ2n) is 1.68. The molecule has 9 heavy (non-hydrogen) atoms. The molecule has 0 aliphatic heterocycles. The van der Waals surface area contributed by atoms with Crippen LogP contribution >= 0.6 is 7.60 Å². The van der Waals surface area contributed by atoms with Crippen LogP contribution in [0.5, 0.6) is 0 Å². The van der Waals surface area contributed by atoms with Gasteiger partial charge in [0.25, 0.3) is 0 Å². The van der Waals surface area contributed by atoms with Crippen molar-refractivity contribution < 1.29 is 14.4 Å². The molecule has 5 heteroatoms. The van der Waals surface area contributed by atoms with Crippen LogP contribution in [-0.4, -0.2) is 15.6 Å². The maximum Gasteiger partial charge on any atom is 0.342 e. The van der Waals surface area contributed by atoms with Gasteiger partial charge in [0, 0.05) is 0 Å². The molecule has 0 heterocycles. The van der Waals surface area contributed by atoms with Crippen LogP contribution in [0.2, 0.25) is 0 Å². The van der Waals surface area contributed by atoms with E-state index in [0.29, 0.717) is 0 Å². The number of hydrogen-bond donors (Lipinski definition) is 3. The second kappa shape index (κ2) is 3.13. The first-order valence-corrected chi connectivity index (χ1v) is 4.08. The van der Waals surface area contributed by atoms with E-state index >= 15 is 0 Å². The minimum absolute atomic E-state index is 0.143. The highest BCUT2D eigenvalue weighted by atomic mass is 31.2. The van der Waals surface area contributed by atoms with Crippen molar-refractivity contribution in [3.63, 3.8) is 0 Å². The van der Waals surface area contributed by atoms with Crippen LogP contribution in [0, 0.1) is 0 Å². The van der Waals surface area contributed by atoms with Crippen LogP contribution in [-0.2, 0) is 4.57 Å². The lowest BCUT2D eigenvalue weighted by molar-refractivity contribution is 0.358. The van der Waals surface area contributed by atoms with Gasteiger partial charge in [0.1, 0.15) is 5.78 Å². The Morgan fingerprint density at radius 1 is 1.78 bits per heavy atom. The van der Waals surface area contributed by atoms with E-state index in [1.807, 2.05) is 0 Å². The Bertz CT molecular complexity index is 141. The molecule has 0 saturated heterocycles. The standard InChI is InChI=1S/C4H10NO3P/c1-2-3-4(5)9(6,7)8/h2,4H,1,3,5H2,(H2,6,7,8). The molecule has 0 radical (unpaired) electrons. The Morgan fingerprint density at radius 3 is 2.33 bits per heavy atom. The monoisotopic (exact) mass is 151 g/mol. The van der Waals surface area contributed by atoms with Gasteiger partial charge in [-0.3, -0.25) is 4.57 Å². The molecule has 0 amide bonds. The van der Waals surface area contributed by atoms with Crippen molar-refractivity contribution in [2.45, 2.75) is 12.2 Å². The predicted octanol–water partition coefficient (Wildman–Crippen LogP) is 0.0250. The van der Waals surface area contributed by atoms with Crippen LogP contribution in [0.15, 0.2) is 12.7 Å². The zero-order chi connectivity index (χ0) is 7.49. The molecule has 4 nitrogen and oxygen atoms in total. The van der Waals surface area contributed by atoms with Gasteiger partial charge in [-0.2, -0.15) is 0 Å². The summed E-state index contributed by atoms with van der Waals surface area (Å²) in [6.45, 7) is 3.29. The lowest BCUT2D eigenvalue weighted by atomic mass is 10.4. The van der Waals surface area contributed by atoms with E-state index in [4.69, 9.17) is 15.5 Å². The van der Waals surface area contributed by atoms with Crippen molar-refractivity contribution in [3.05, 3.63) is 12.7 Å². The van der Waals surface area contributed by atoms with Crippen LogP contribution in [0.25, 0.3) is 0 Å². The maximum atomic E-state index is 10.2. The molecule has 0 saturated carbocycles. The molecular weight excluding hydrogens is 141 g/mol. The summed E-state index contributed by atoms with van der Waals surface area (Å²) in [7, 11) is -4.07. The summed E-state index contributed by atoms with van der Waals surface area (Å²) in [5.41, 5.74) is 5.03. The molecule has 0 spiro atoms. The molecule has 1 unspecified atom stereocenters. The Hall–Kier alpha value is -0.150. The summed E-state index contributed by atoms with van der Waals surface area (Å²) in [6, 6.07) is 0. The highest BCUT2D eigenvalue weighted by Gasteiger charge is 2.22. The second-order valence-corrected chi connectivity index (χ2v) is 3.52. The Kier molecular flexibility index (Phi) is 3.08. The van der Waals surface area contributed by atoms with Gasteiger partial charge >= 0.3 is 7.60 Å². The SMILES string of the molecule is C=CCC(N)P(=O)(O)O. The van der Waals surface area contributed by atoms with Crippen molar-refractivity contribution in [1.82, 2.24) is 0 Å². The van der Waals surface area contributed by atoms with Gasteiger partial charge in [0.2, 0.25) is 0 Å². The van der Waals surface area contributed by atoms with E-state index in [2.05, 4.69) is 6.58 Å². The largest absolute Gasteiger partial charge is 0.342 e. The van der Waals surface area contributed by atoms with Crippen molar-refractivity contribution in [3.8, 4) is 0 Å². The zero-order valence-corrected chi connectivity index (χ0v) is 5.79. The summed E-state index contributed by atoms with van der Waals surface area (Å²) in [5.74, 6) is -1.09. The molecule has 1 atom stereocenters. The van der Waals surface area contributed by atoms with Crippen LogP contribution in [0.1, 0.15) is 6.42 Å². The Morgan fingerprint density at radius 2 is 2.22 bits per heavy atom. The van der Waals surface area contributed by atoms with Gasteiger partial charge in [-0.05, 0) is 6.42 Å². The summed E-state index contributed by atoms with van der Waals surface area (Å²) in [4.78, 5) is 16.7. The average Bonchev–Trinajstić information content (AvgIpc) is 1.64. The summed E-state index contributed by atoms with van der Waals surface area (Å²) >= 11 is 0. The molecular formula is C4H10NO3P. The molecule has 0 rings (SSSR count). The lowest BCUT2D eigenvalue weighted by Gasteiger charge is -2.09. The highest BCUT2D eigenvalue weighted by Crippen LogP contribution is 2.39. The Labute approximate surface area is 53.5 Å². The van der Waals surface area contributed by atoms with Crippen LogP contribution in [0.3, 0.4) is 0 Å². The molecule has 0 aliphatic rings. The summed E-state index contributed by atoms with van der Waals surface area (Å²) in [5, 5.41) is 0. The van der Waals surface area contributed by atoms with Gasteiger partial charge in [0.05, 0.1) is 0 Å². The van der Waals surface area contributed by atoms with Gasteiger partial charge in [0.15, 0.2) is 0 Å². The smallest absolute Gasteiger partial charge is 0.323 e. The maximum absolute atomic E-state index is 10.2. The van der Waals surface area contributed by atoms with Crippen molar-refractivity contribution >= 4 is 7.60 Å². The number of hydrogen-bond acceptors (Lipinski definition) is 2. The first-order valence-electron chi connectivity index (χ1n) is 2.40. The number of nitrogens with two attached hydrogens (primary N) is 1. The topological polar surface area (TPSA) is 83.6 Å². The van der Waals surface area contributed by atoms with Gasteiger partial charge < -0.3 is 15.5 Å². The van der Waals surface area contributed by atoms with Crippen molar-refractivity contribution in [1.29, 1.82) is 0 Å². The molecule has 0 aliphatic carbocycles. The molecule has 0 fully saturated rings.